The molecule has 0 radical (unpaired) electrons. The summed E-state index contributed by atoms with van der Waals surface area (Å²) in [6.07, 6.45) is 5.67. The summed E-state index contributed by atoms with van der Waals surface area (Å²) >= 11 is 0. The number of likely N-dealkylation sites (tertiary alicyclic amines) is 2. The van der Waals surface area contributed by atoms with E-state index < -0.39 is 0 Å². The molecule has 0 bridgehead atoms. The van der Waals surface area contributed by atoms with Gasteiger partial charge in [-0.3, -0.25) is 9.59 Å². The number of rotatable bonds is 14. The smallest absolute Gasteiger partial charge is 0.222 e. The number of nitrogens with zero attached hydrogens (tertiary/aromatic N) is 4. The van der Waals surface area contributed by atoms with Crippen LogP contribution in [0.25, 0.3) is 22.3 Å². The van der Waals surface area contributed by atoms with Crippen molar-refractivity contribution < 1.29 is 47.5 Å². The van der Waals surface area contributed by atoms with E-state index in [1.165, 1.54) is 25.7 Å². The molecule has 0 aliphatic carbocycles. The van der Waals surface area contributed by atoms with Crippen LogP contribution in [0.3, 0.4) is 0 Å². The Bertz CT molecular complexity index is 2180. The van der Waals surface area contributed by atoms with Crippen molar-refractivity contribution >= 4 is 11.8 Å². The highest BCUT2D eigenvalue weighted by molar-refractivity contribution is 5.78. The van der Waals surface area contributed by atoms with Crippen LogP contribution in [0.2, 0.25) is 0 Å². The molecule has 4 heterocycles. The van der Waals surface area contributed by atoms with E-state index in [1.54, 1.807) is 28.4 Å². The maximum atomic E-state index is 12.5. The van der Waals surface area contributed by atoms with Crippen molar-refractivity contribution in [2.75, 3.05) is 108 Å². The Balaban J connectivity index is 0.000000201. The third-order valence-electron chi connectivity index (χ3n) is 13.3. The van der Waals surface area contributed by atoms with Crippen LogP contribution in [-0.4, -0.2) is 140 Å². The number of ether oxygens (including phenoxy) is 8. The number of piperidine rings is 2. The summed E-state index contributed by atoms with van der Waals surface area (Å²) in [4.78, 5) is 33.4. The second-order valence-electron chi connectivity index (χ2n) is 18.3. The Labute approximate surface area is 403 Å². The molecule has 4 aromatic carbocycles. The molecule has 8 rings (SSSR count). The molecule has 368 valence electrons. The van der Waals surface area contributed by atoms with Gasteiger partial charge >= 0.3 is 0 Å². The fourth-order valence-electron chi connectivity index (χ4n) is 9.65. The molecule has 2 saturated heterocycles. The predicted octanol–water partition coefficient (Wildman–Crippen LogP) is 8.44. The van der Waals surface area contributed by atoms with Crippen LogP contribution in [0, 0.1) is 11.8 Å². The Morgan fingerprint density at radius 3 is 1.29 bits per heavy atom. The SMILES string of the molecule is CCC(=O)N1CCOc2c(cc(-c3ccc(OC)c(OC)c3)cc2OC[C@H]2CCCN(C)C2)C1.CCC(=O)N1CCOc2c(cc(-c3ccc(OC)c(OC)c3)cc2OC[C@H]2CCCN(C)C2)C1. The number of hydrogen-bond acceptors (Lipinski definition) is 12. The predicted molar refractivity (Wildman–Crippen MR) is 264 cm³/mol. The lowest BCUT2D eigenvalue weighted by Gasteiger charge is -2.29. The van der Waals surface area contributed by atoms with Crippen molar-refractivity contribution in [1.82, 2.24) is 19.6 Å². The van der Waals surface area contributed by atoms with Crippen LogP contribution in [-0.2, 0) is 22.7 Å². The zero-order valence-electron chi connectivity index (χ0n) is 41.5. The van der Waals surface area contributed by atoms with Crippen LogP contribution in [0.5, 0.6) is 46.0 Å². The Morgan fingerprint density at radius 1 is 0.529 bits per heavy atom. The van der Waals surface area contributed by atoms with E-state index in [1.807, 2.05) is 72.2 Å². The van der Waals surface area contributed by atoms with Gasteiger partial charge in [0.15, 0.2) is 46.0 Å². The van der Waals surface area contributed by atoms with Crippen molar-refractivity contribution in [3.63, 3.8) is 0 Å². The molecule has 2 fully saturated rings. The van der Waals surface area contributed by atoms with Crippen LogP contribution in [0.4, 0.5) is 0 Å². The van der Waals surface area contributed by atoms with Gasteiger partial charge in [-0.1, -0.05) is 26.0 Å². The van der Waals surface area contributed by atoms with Crippen LogP contribution < -0.4 is 37.9 Å². The summed E-state index contributed by atoms with van der Waals surface area (Å²) in [7, 11) is 10.9. The number of amides is 2. The maximum absolute atomic E-state index is 12.5. The Hall–Kier alpha value is -5.86. The second-order valence-corrected chi connectivity index (χ2v) is 18.3. The van der Waals surface area contributed by atoms with Gasteiger partial charge in [0.25, 0.3) is 0 Å². The first-order chi connectivity index (χ1) is 33.0. The van der Waals surface area contributed by atoms with Crippen molar-refractivity contribution in [2.45, 2.75) is 65.5 Å². The first-order valence-electron chi connectivity index (χ1n) is 24.3. The first kappa shape index (κ1) is 50.0. The molecule has 2 atom stereocenters. The average molecular weight is 937 g/mol. The molecule has 2 amide bonds. The van der Waals surface area contributed by atoms with Crippen LogP contribution in [0.15, 0.2) is 60.7 Å². The molecular weight excluding hydrogens is 865 g/mol. The summed E-state index contributed by atoms with van der Waals surface area (Å²) in [5, 5.41) is 0. The molecule has 68 heavy (non-hydrogen) atoms. The highest BCUT2D eigenvalue weighted by atomic mass is 16.5. The topological polar surface area (TPSA) is 121 Å². The fourth-order valence-corrected chi connectivity index (χ4v) is 9.65. The van der Waals surface area contributed by atoms with Crippen molar-refractivity contribution in [2.24, 2.45) is 11.8 Å². The summed E-state index contributed by atoms with van der Waals surface area (Å²) < 4.78 is 47.0. The van der Waals surface area contributed by atoms with Gasteiger partial charge in [0.2, 0.25) is 11.8 Å². The van der Waals surface area contributed by atoms with Gasteiger partial charge in [0.05, 0.1) is 54.7 Å². The largest absolute Gasteiger partial charge is 0.493 e. The summed E-state index contributed by atoms with van der Waals surface area (Å²) in [6, 6.07) is 20.0. The van der Waals surface area contributed by atoms with Gasteiger partial charge in [-0.25, -0.2) is 0 Å². The van der Waals surface area contributed by atoms with Gasteiger partial charge in [-0.05, 0) is 124 Å². The standard InChI is InChI=1S/2C27H36N2O5/c2*1-5-26(30)29-11-12-33-27-22(17-29)13-21(20-8-9-23(31-3)24(14-20)32-4)15-25(27)34-18-19-7-6-10-28(2)16-19/h2*8-9,13-15,19H,5-7,10-12,16-18H2,1-4H3/t2*19-/m00/s1. The number of benzene rings is 4. The van der Waals surface area contributed by atoms with Gasteiger partial charge in [0, 0.05) is 62.0 Å². The van der Waals surface area contributed by atoms with E-state index >= 15 is 0 Å². The number of carbonyl (C=O) groups is 2. The van der Waals surface area contributed by atoms with Crippen LogP contribution in [0.1, 0.15) is 63.5 Å². The molecule has 0 N–H and O–H groups in total. The fraction of sp³-hybridized carbons (Fsp3) is 0.519. The molecule has 0 spiro atoms. The molecule has 0 aromatic heterocycles. The number of fused-ring (bicyclic) bond motifs is 2. The van der Waals surface area contributed by atoms with E-state index in [9.17, 15) is 9.59 Å². The molecular formula is C54H72N4O10. The number of carbonyl (C=O) groups excluding carboxylic acids is 2. The van der Waals surface area contributed by atoms with E-state index in [0.717, 1.165) is 82.6 Å². The van der Waals surface area contributed by atoms with E-state index in [4.69, 9.17) is 37.9 Å². The molecule has 14 heteroatoms. The van der Waals surface area contributed by atoms with Crippen molar-refractivity contribution in [3.05, 3.63) is 71.8 Å². The minimum Gasteiger partial charge on any atom is -0.493 e. The summed E-state index contributed by atoms with van der Waals surface area (Å²) in [5.41, 5.74) is 5.88. The maximum Gasteiger partial charge on any atom is 0.222 e. The molecule has 4 aliphatic rings. The lowest BCUT2D eigenvalue weighted by atomic mass is 9.99. The van der Waals surface area contributed by atoms with Gasteiger partial charge in [-0.2, -0.15) is 0 Å². The van der Waals surface area contributed by atoms with E-state index in [-0.39, 0.29) is 11.8 Å². The third-order valence-corrected chi connectivity index (χ3v) is 13.3. The number of hydrogen-bond donors (Lipinski definition) is 0. The Morgan fingerprint density at radius 2 is 0.926 bits per heavy atom. The van der Waals surface area contributed by atoms with Crippen molar-refractivity contribution in [3.8, 4) is 68.2 Å². The lowest BCUT2D eigenvalue weighted by molar-refractivity contribution is -0.132. The normalized spacial score (nSPS) is 18.5. The highest BCUT2D eigenvalue weighted by Crippen LogP contribution is 2.43. The lowest BCUT2D eigenvalue weighted by Crippen LogP contribution is -2.34. The van der Waals surface area contributed by atoms with Crippen molar-refractivity contribution in [1.29, 1.82) is 0 Å². The third kappa shape index (κ3) is 12.4. The molecule has 0 unspecified atom stereocenters. The number of methoxy groups -OCH3 is 4. The summed E-state index contributed by atoms with van der Waals surface area (Å²) in [6.45, 7) is 12.5. The monoisotopic (exact) mass is 937 g/mol. The average Bonchev–Trinajstić information content (AvgIpc) is 3.73. The van der Waals surface area contributed by atoms with Gasteiger partial charge in [-0.15, -0.1) is 0 Å². The molecule has 14 nitrogen and oxygen atoms in total. The zero-order valence-corrected chi connectivity index (χ0v) is 41.5. The first-order valence-corrected chi connectivity index (χ1v) is 24.3. The molecule has 0 saturated carbocycles. The minimum absolute atomic E-state index is 0.126. The zero-order chi connectivity index (χ0) is 48.2. The minimum atomic E-state index is 0.126. The molecule has 4 aromatic rings. The highest BCUT2D eigenvalue weighted by Gasteiger charge is 2.27. The van der Waals surface area contributed by atoms with E-state index in [2.05, 4.69) is 36.0 Å². The van der Waals surface area contributed by atoms with Gasteiger partial charge in [0.1, 0.15) is 13.2 Å². The van der Waals surface area contributed by atoms with E-state index in [0.29, 0.717) is 100 Å². The summed E-state index contributed by atoms with van der Waals surface area (Å²) in [5.74, 6) is 6.90. The van der Waals surface area contributed by atoms with Gasteiger partial charge < -0.3 is 57.5 Å². The van der Waals surface area contributed by atoms with Crippen LogP contribution >= 0.6 is 0 Å². The second kappa shape index (κ2) is 23.9. The molecule has 4 aliphatic heterocycles. The Kier molecular flexibility index (Phi) is 17.6. The quantitative estimate of drug-likeness (QED) is 0.121.